The lowest BCUT2D eigenvalue weighted by Crippen LogP contribution is -2.05. The van der Waals surface area contributed by atoms with Crippen molar-refractivity contribution in [2.24, 2.45) is 0 Å². The molecule has 2 aromatic rings. The van der Waals surface area contributed by atoms with Crippen LogP contribution < -0.4 is 0 Å². The van der Waals surface area contributed by atoms with Gasteiger partial charge in [-0.3, -0.25) is 0 Å². The van der Waals surface area contributed by atoms with Crippen molar-refractivity contribution in [1.82, 2.24) is 0 Å². The molecular weight excluding hydrogens is 260 g/mol. The quantitative estimate of drug-likeness (QED) is 0.673. The molecule has 1 aliphatic rings. The van der Waals surface area contributed by atoms with E-state index in [0.29, 0.717) is 17.1 Å². The van der Waals surface area contributed by atoms with E-state index >= 15 is 0 Å². The van der Waals surface area contributed by atoms with Crippen molar-refractivity contribution in [3.8, 4) is 11.1 Å². The number of ether oxygens (including phenoxy) is 1. The molecule has 96 valence electrons. The molecule has 0 saturated carbocycles. The average molecular weight is 272 g/mol. The van der Waals surface area contributed by atoms with E-state index in [1.165, 1.54) is 0 Å². The fraction of sp³-hybridized carbons (Fsp3) is 0.133. The van der Waals surface area contributed by atoms with Crippen LogP contribution in [0.1, 0.15) is 17.3 Å². The Hall–Kier alpha value is -1.94. The SMILES string of the molecule is CCOC(=O)c1ccc2c(c1)S(=O)c1ccccc1-2. The third kappa shape index (κ3) is 1.88. The van der Waals surface area contributed by atoms with E-state index in [1.807, 2.05) is 30.3 Å². The van der Waals surface area contributed by atoms with Gasteiger partial charge in [0.25, 0.3) is 0 Å². The summed E-state index contributed by atoms with van der Waals surface area (Å²) in [5, 5.41) is 0. The summed E-state index contributed by atoms with van der Waals surface area (Å²) in [6.07, 6.45) is 0. The van der Waals surface area contributed by atoms with Gasteiger partial charge in [0, 0.05) is 0 Å². The highest BCUT2D eigenvalue weighted by Gasteiger charge is 2.26. The predicted octanol–water partition coefficient (Wildman–Crippen LogP) is 3.01. The smallest absolute Gasteiger partial charge is 0.338 e. The van der Waals surface area contributed by atoms with Gasteiger partial charge < -0.3 is 4.74 Å². The highest BCUT2D eigenvalue weighted by Crippen LogP contribution is 2.40. The number of fused-ring (bicyclic) bond motifs is 3. The van der Waals surface area contributed by atoms with Gasteiger partial charge in [-0.2, -0.15) is 0 Å². The van der Waals surface area contributed by atoms with Crippen molar-refractivity contribution in [1.29, 1.82) is 0 Å². The molecule has 0 N–H and O–H groups in total. The maximum atomic E-state index is 12.4. The summed E-state index contributed by atoms with van der Waals surface area (Å²) >= 11 is 0. The first-order valence-electron chi connectivity index (χ1n) is 6.04. The topological polar surface area (TPSA) is 43.4 Å². The summed E-state index contributed by atoms with van der Waals surface area (Å²) in [4.78, 5) is 13.2. The Morgan fingerprint density at radius 1 is 1.11 bits per heavy atom. The minimum Gasteiger partial charge on any atom is -0.462 e. The third-order valence-corrected chi connectivity index (χ3v) is 4.56. The Bertz CT molecular complexity index is 692. The number of carbonyl (C=O) groups is 1. The molecule has 1 heterocycles. The second-order valence-electron chi connectivity index (χ2n) is 4.20. The lowest BCUT2D eigenvalue weighted by atomic mass is 10.0. The van der Waals surface area contributed by atoms with Crippen molar-refractivity contribution < 1.29 is 13.7 Å². The molecular formula is C15H12O3S. The molecule has 0 fully saturated rings. The molecule has 0 aromatic heterocycles. The summed E-state index contributed by atoms with van der Waals surface area (Å²) in [6.45, 7) is 2.10. The van der Waals surface area contributed by atoms with Gasteiger partial charge in [0.15, 0.2) is 0 Å². The van der Waals surface area contributed by atoms with Crippen molar-refractivity contribution in [3.05, 3.63) is 48.0 Å². The van der Waals surface area contributed by atoms with Crippen molar-refractivity contribution in [3.63, 3.8) is 0 Å². The first-order valence-corrected chi connectivity index (χ1v) is 7.19. The summed E-state index contributed by atoms with van der Waals surface area (Å²) in [6, 6.07) is 12.8. The van der Waals surface area contributed by atoms with Crippen LogP contribution in [0.2, 0.25) is 0 Å². The maximum absolute atomic E-state index is 12.4. The van der Waals surface area contributed by atoms with E-state index in [9.17, 15) is 9.00 Å². The Morgan fingerprint density at radius 2 is 1.84 bits per heavy atom. The van der Waals surface area contributed by atoms with Gasteiger partial charge in [-0.15, -0.1) is 0 Å². The zero-order valence-corrected chi connectivity index (χ0v) is 11.2. The van der Waals surface area contributed by atoms with Gasteiger partial charge in [0.05, 0.1) is 32.8 Å². The molecule has 0 bridgehead atoms. The summed E-state index contributed by atoms with van der Waals surface area (Å²) in [5.74, 6) is -0.377. The van der Waals surface area contributed by atoms with E-state index in [4.69, 9.17) is 4.74 Å². The highest BCUT2D eigenvalue weighted by atomic mass is 32.2. The molecule has 0 radical (unpaired) electrons. The average Bonchev–Trinajstić information content (AvgIpc) is 2.73. The molecule has 0 spiro atoms. The van der Waals surface area contributed by atoms with Gasteiger partial charge in [0.1, 0.15) is 0 Å². The Balaban J connectivity index is 2.10. The second-order valence-corrected chi connectivity index (χ2v) is 5.61. The Labute approximate surface area is 113 Å². The van der Waals surface area contributed by atoms with E-state index in [2.05, 4.69) is 0 Å². The lowest BCUT2D eigenvalue weighted by Gasteiger charge is -2.04. The van der Waals surface area contributed by atoms with Crippen LogP contribution in [0.5, 0.6) is 0 Å². The molecule has 1 unspecified atom stereocenters. The molecule has 3 nitrogen and oxygen atoms in total. The van der Waals surface area contributed by atoms with Crippen molar-refractivity contribution in [2.45, 2.75) is 16.7 Å². The molecule has 0 amide bonds. The number of hydrogen-bond donors (Lipinski definition) is 0. The van der Waals surface area contributed by atoms with Crippen LogP contribution >= 0.6 is 0 Å². The Kier molecular flexibility index (Phi) is 2.95. The van der Waals surface area contributed by atoms with Crippen LogP contribution in [0.15, 0.2) is 52.3 Å². The molecule has 4 heteroatoms. The van der Waals surface area contributed by atoms with Crippen LogP contribution in [0.3, 0.4) is 0 Å². The summed E-state index contributed by atoms with van der Waals surface area (Å²) in [7, 11) is -1.21. The monoisotopic (exact) mass is 272 g/mol. The van der Waals surface area contributed by atoms with Crippen molar-refractivity contribution in [2.75, 3.05) is 6.61 Å². The van der Waals surface area contributed by atoms with E-state index < -0.39 is 10.8 Å². The minimum atomic E-state index is -1.21. The number of benzene rings is 2. The summed E-state index contributed by atoms with van der Waals surface area (Å²) < 4.78 is 17.3. The normalized spacial score (nSPS) is 15.7. The molecule has 0 aliphatic carbocycles. The van der Waals surface area contributed by atoms with Crippen LogP contribution in [0.25, 0.3) is 11.1 Å². The lowest BCUT2D eigenvalue weighted by molar-refractivity contribution is 0.0526. The van der Waals surface area contributed by atoms with Gasteiger partial charge >= 0.3 is 5.97 Å². The number of carbonyl (C=O) groups excluding carboxylic acids is 1. The largest absolute Gasteiger partial charge is 0.462 e. The van der Waals surface area contributed by atoms with Crippen LogP contribution in [-0.2, 0) is 15.5 Å². The zero-order valence-electron chi connectivity index (χ0n) is 10.4. The molecule has 1 aliphatic heterocycles. The number of esters is 1. The summed E-state index contributed by atoms with van der Waals surface area (Å²) in [5.41, 5.74) is 2.36. The van der Waals surface area contributed by atoms with Gasteiger partial charge in [0.2, 0.25) is 0 Å². The number of rotatable bonds is 2. The maximum Gasteiger partial charge on any atom is 0.338 e. The molecule has 1 atom stereocenters. The van der Waals surface area contributed by atoms with Crippen LogP contribution in [0.4, 0.5) is 0 Å². The first-order chi connectivity index (χ1) is 9.22. The zero-order chi connectivity index (χ0) is 13.4. The van der Waals surface area contributed by atoms with Gasteiger partial charge in [-0.1, -0.05) is 24.3 Å². The van der Waals surface area contributed by atoms with E-state index in [0.717, 1.165) is 16.0 Å². The van der Waals surface area contributed by atoms with Crippen molar-refractivity contribution >= 4 is 16.8 Å². The standard InChI is InChI=1S/C15H12O3S/c1-2-18-15(16)10-7-8-12-11-5-3-4-6-13(11)19(17)14(12)9-10/h3-9H,2H2,1H3. The van der Waals surface area contributed by atoms with E-state index in [1.54, 1.807) is 19.1 Å². The molecule has 19 heavy (non-hydrogen) atoms. The molecule has 3 rings (SSSR count). The Morgan fingerprint density at radius 3 is 2.63 bits per heavy atom. The highest BCUT2D eigenvalue weighted by molar-refractivity contribution is 7.85. The molecule has 2 aromatic carbocycles. The predicted molar refractivity (Wildman–Crippen MR) is 72.5 cm³/mol. The fourth-order valence-electron chi connectivity index (χ4n) is 2.21. The van der Waals surface area contributed by atoms with Crippen LogP contribution in [0, 0.1) is 0 Å². The van der Waals surface area contributed by atoms with Crippen LogP contribution in [-0.4, -0.2) is 16.8 Å². The molecule has 0 saturated heterocycles. The van der Waals surface area contributed by atoms with Gasteiger partial charge in [-0.05, 0) is 36.2 Å². The first kappa shape index (κ1) is 12.1. The fourth-order valence-corrected chi connectivity index (χ4v) is 3.64. The minimum absolute atomic E-state index is 0.333. The number of hydrogen-bond acceptors (Lipinski definition) is 3. The van der Waals surface area contributed by atoms with E-state index in [-0.39, 0.29) is 5.97 Å². The second kappa shape index (κ2) is 4.63. The van der Waals surface area contributed by atoms with Gasteiger partial charge in [-0.25, -0.2) is 9.00 Å². The third-order valence-electron chi connectivity index (χ3n) is 3.07.